The zero-order valence-corrected chi connectivity index (χ0v) is 20.4. The van der Waals surface area contributed by atoms with Crippen LogP contribution in [0.5, 0.6) is 5.75 Å². The monoisotopic (exact) mass is 501 g/mol. The maximum absolute atomic E-state index is 13.9. The van der Waals surface area contributed by atoms with E-state index in [-0.39, 0.29) is 27.0 Å². The zero-order chi connectivity index (χ0) is 25.4. The van der Waals surface area contributed by atoms with Gasteiger partial charge in [-0.05, 0) is 55.5 Å². The number of nitrogens with two attached hydrogens (primary N) is 1. The van der Waals surface area contributed by atoms with Crippen molar-refractivity contribution < 1.29 is 17.9 Å². The molecule has 0 bridgehead atoms. The number of carbonyl (C=O) groups is 1. The van der Waals surface area contributed by atoms with E-state index >= 15 is 0 Å². The van der Waals surface area contributed by atoms with Crippen LogP contribution in [0.3, 0.4) is 0 Å². The highest BCUT2D eigenvalue weighted by molar-refractivity contribution is 7.92. The first-order valence-corrected chi connectivity index (χ1v) is 12.7. The molecule has 5 rings (SSSR count). The van der Waals surface area contributed by atoms with Crippen molar-refractivity contribution in [1.29, 1.82) is 0 Å². The van der Waals surface area contributed by atoms with Crippen molar-refractivity contribution >= 4 is 49.4 Å². The third-order valence-corrected chi connectivity index (χ3v) is 7.44. The summed E-state index contributed by atoms with van der Waals surface area (Å²) in [4.78, 5) is 20.6. The maximum atomic E-state index is 13.9. The number of para-hydroxylation sites is 4. The molecule has 0 unspecified atom stereocenters. The molecule has 0 spiro atoms. The summed E-state index contributed by atoms with van der Waals surface area (Å²) in [5.41, 5.74) is 9.21. The molecule has 3 aromatic carbocycles. The number of benzene rings is 3. The molecule has 2 aromatic heterocycles. The second-order valence-electron chi connectivity index (χ2n) is 8.04. The Labute approximate surface area is 207 Å². The van der Waals surface area contributed by atoms with Crippen molar-refractivity contribution in [2.45, 2.75) is 23.6 Å². The summed E-state index contributed by atoms with van der Waals surface area (Å²) in [7, 11) is -4.12. The molecule has 0 saturated heterocycles. The van der Waals surface area contributed by atoms with E-state index in [0.717, 1.165) is 0 Å². The highest BCUT2D eigenvalue weighted by atomic mass is 32.2. The van der Waals surface area contributed by atoms with Gasteiger partial charge in [0.05, 0.1) is 28.2 Å². The van der Waals surface area contributed by atoms with Crippen molar-refractivity contribution in [1.82, 2.24) is 14.5 Å². The quantitative estimate of drug-likeness (QED) is 0.354. The van der Waals surface area contributed by atoms with E-state index in [4.69, 9.17) is 15.5 Å². The lowest BCUT2D eigenvalue weighted by molar-refractivity contribution is -0.114. The van der Waals surface area contributed by atoms with Gasteiger partial charge >= 0.3 is 0 Å². The second kappa shape index (κ2) is 8.97. The first-order chi connectivity index (χ1) is 17.3. The molecule has 0 saturated carbocycles. The molecule has 1 amide bonds. The minimum atomic E-state index is -4.12. The van der Waals surface area contributed by atoms with Gasteiger partial charge in [-0.2, -0.15) is 0 Å². The number of anilines is 2. The number of nitrogens with one attached hydrogen (secondary N) is 1. The Kier molecular flexibility index (Phi) is 5.81. The molecule has 0 radical (unpaired) electrons. The second-order valence-corrected chi connectivity index (χ2v) is 9.93. The van der Waals surface area contributed by atoms with Crippen LogP contribution in [0.4, 0.5) is 11.5 Å². The van der Waals surface area contributed by atoms with E-state index in [0.29, 0.717) is 40.4 Å². The van der Waals surface area contributed by atoms with E-state index in [1.54, 1.807) is 28.8 Å². The minimum Gasteiger partial charge on any atom is -0.492 e. The van der Waals surface area contributed by atoms with Crippen molar-refractivity contribution in [3.63, 3.8) is 0 Å². The van der Waals surface area contributed by atoms with Gasteiger partial charge in [-0.25, -0.2) is 18.4 Å². The summed E-state index contributed by atoms with van der Waals surface area (Å²) in [5.74, 6) is 0.244. The van der Waals surface area contributed by atoms with Gasteiger partial charge in [0.2, 0.25) is 15.7 Å². The molecule has 0 aliphatic carbocycles. The standard InChI is InChI=1S/C26H23N5O4S/c1-3-35-22-11-7-6-10-21(22)31-25(27)24(23-26(31)30-20-9-5-4-8-19(20)29-23)36(33,34)18-14-12-17(13-15-18)28-16(2)32/h4-15H,3,27H2,1-2H3,(H,28,32). The van der Waals surface area contributed by atoms with Crippen LogP contribution in [-0.4, -0.2) is 35.5 Å². The number of carbonyl (C=O) groups excluding carboxylic acids is 1. The van der Waals surface area contributed by atoms with Crippen LogP contribution in [0.1, 0.15) is 13.8 Å². The number of nitrogen functional groups attached to an aromatic ring is 1. The average molecular weight is 502 g/mol. The van der Waals surface area contributed by atoms with Crippen LogP contribution in [0, 0.1) is 0 Å². The summed E-state index contributed by atoms with van der Waals surface area (Å²) in [5, 5.41) is 2.63. The minimum absolute atomic E-state index is 0.00963. The van der Waals surface area contributed by atoms with Crippen molar-refractivity contribution in [3.8, 4) is 11.4 Å². The van der Waals surface area contributed by atoms with Gasteiger partial charge in [-0.15, -0.1) is 0 Å². The number of fused-ring (bicyclic) bond motifs is 2. The van der Waals surface area contributed by atoms with Gasteiger partial charge < -0.3 is 15.8 Å². The Bertz CT molecular complexity index is 1730. The third-order valence-electron chi connectivity index (χ3n) is 5.61. The maximum Gasteiger partial charge on any atom is 0.221 e. The predicted molar refractivity (Wildman–Crippen MR) is 138 cm³/mol. The summed E-state index contributed by atoms with van der Waals surface area (Å²) < 4.78 is 35.2. The Morgan fingerprint density at radius 1 is 0.972 bits per heavy atom. The Hall–Kier alpha value is -4.44. The van der Waals surface area contributed by atoms with Gasteiger partial charge in [0.15, 0.2) is 5.65 Å². The van der Waals surface area contributed by atoms with Gasteiger partial charge in [0.25, 0.3) is 0 Å². The SMILES string of the molecule is CCOc1ccccc1-n1c(N)c(S(=O)(=O)c2ccc(NC(C)=O)cc2)c2nc3ccccc3nc21. The van der Waals surface area contributed by atoms with E-state index in [2.05, 4.69) is 10.3 Å². The molecule has 2 heterocycles. The molecule has 0 atom stereocenters. The smallest absolute Gasteiger partial charge is 0.221 e. The number of amides is 1. The number of aromatic nitrogens is 3. The number of nitrogens with zero attached hydrogens (tertiary/aromatic N) is 3. The fraction of sp³-hybridized carbons (Fsp3) is 0.115. The molecule has 10 heteroatoms. The summed E-state index contributed by atoms with van der Waals surface area (Å²) in [6, 6.07) is 20.3. The fourth-order valence-corrected chi connectivity index (χ4v) is 5.59. The molecule has 9 nitrogen and oxygen atoms in total. The first-order valence-electron chi connectivity index (χ1n) is 11.2. The van der Waals surface area contributed by atoms with E-state index < -0.39 is 9.84 Å². The van der Waals surface area contributed by atoms with Crippen molar-refractivity contribution in [2.75, 3.05) is 17.7 Å². The highest BCUT2D eigenvalue weighted by Gasteiger charge is 2.31. The van der Waals surface area contributed by atoms with Crippen molar-refractivity contribution in [2.24, 2.45) is 0 Å². The Morgan fingerprint density at radius 2 is 1.61 bits per heavy atom. The molecular formula is C26H23N5O4S. The van der Waals surface area contributed by atoms with Crippen LogP contribution in [0.15, 0.2) is 82.6 Å². The molecule has 182 valence electrons. The molecule has 5 aromatic rings. The molecule has 3 N–H and O–H groups in total. The number of hydrogen-bond acceptors (Lipinski definition) is 7. The lowest BCUT2D eigenvalue weighted by atomic mass is 10.3. The highest BCUT2D eigenvalue weighted by Crippen LogP contribution is 2.39. The molecule has 36 heavy (non-hydrogen) atoms. The first kappa shape index (κ1) is 23.3. The van der Waals surface area contributed by atoms with Gasteiger partial charge in [-0.3, -0.25) is 9.36 Å². The number of sulfone groups is 1. The normalized spacial score (nSPS) is 11.6. The lowest BCUT2D eigenvalue weighted by Crippen LogP contribution is -2.09. The Balaban J connectivity index is 1.81. The summed E-state index contributed by atoms with van der Waals surface area (Å²) in [6.45, 7) is 3.65. The van der Waals surface area contributed by atoms with Crippen LogP contribution < -0.4 is 15.8 Å². The largest absolute Gasteiger partial charge is 0.492 e. The van der Waals surface area contributed by atoms with E-state index in [1.165, 1.54) is 31.2 Å². The van der Waals surface area contributed by atoms with Gasteiger partial charge in [0.1, 0.15) is 22.0 Å². The zero-order valence-electron chi connectivity index (χ0n) is 19.6. The Morgan fingerprint density at radius 3 is 2.28 bits per heavy atom. The number of rotatable bonds is 6. The topological polar surface area (TPSA) is 129 Å². The number of hydrogen-bond donors (Lipinski definition) is 2. The van der Waals surface area contributed by atoms with Crippen LogP contribution >= 0.6 is 0 Å². The average Bonchev–Trinajstić information content (AvgIpc) is 3.14. The summed E-state index contributed by atoms with van der Waals surface area (Å²) in [6.07, 6.45) is 0. The van der Waals surface area contributed by atoms with E-state index in [1.807, 2.05) is 31.2 Å². The predicted octanol–water partition coefficient (Wildman–Crippen LogP) is 4.35. The lowest BCUT2D eigenvalue weighted by Gasteiger charge is -2.13. The number of ether oxygens (including phenoxy) is 1. The molecule has 0 aliphatic rings. The van der Waals surface area contributed by atoms with E-state index in [9.17, 15) is 13.2 Å². The molecule has 0 aliphatic heterocycles. The molecular weight excluding hydrogens is 478 g/mol. The van der Waals surface area contributed by atoms with Gasteiger partial charge in [-0.1, -0.05) is 24.3 Å². The van der Waals surface area contributed by atoms with Crippen molar-refractivity contribution in [3.05, 3.63) is 72.8 Å². The van der Waals surface area contributed by atoms with Gasteiger partial charge in [0, 0.05) is 12.6 Å². The fourth-order valence-electron chi connectivity index (χ4n) is 4.10. The van der Waals surface area contributed by atoms with Crippen LogP contribution in [-0.2, 0) is 14.6 Å². The van der Waals surface area contributed by atoms with Crippen LogP contribution in [0.25, 0.3) is 27.9 Å². The van der Waals surface area contributed by atoms with Crippen LogP contribution in [0.2, 0.25) is 0 Å². The third kappa shape index (κ3) is 3.91. The molecule has 0 fully saturated rings. The summed E-state index contributed by atoms with van der Waals surface area (Å²) >= 11 is 0.